The van der Waals surface area contributed by atoms with Crippen LogP contribution < -0.4 is 0 Å². The van der Waals surface area contributed by atoms with E-state index >= 15 is 0 Å². The standard InChI is InChI=1S/C5H9BrO2S/c1-9(7,8)5-3-2-4-6/h2-3H,4-5H2,1H3. The summed E-state index contributed by atoms with van der Waals surface area (Å²) in [7, 11) is -2.80. The SMILES string of the molecule is CS(=O)(=O)CC=CCBr. The highest BCUT2D eigenvalue weighted by Crippen LogP contribution is 1.86. The number of halogens is 1. The Morgan fingerprint density at radius 2 is 2.00 bits per heavy atom. The van der Waals surface area contributed by atoms with Crippen LogP contribution in [0.4, 0.5) is 0 Å². The van der Waals surface area contributed by atoms with Crippen LogP contribution in [0.5, 0.6) is 0 Å². The van der Waals surface area contributed by atoms with Gasteiger partial charge in [0, 0.05) is 11.6 Å². The van der Waals surface area contributed by atoms with Crippen LogP contribution >= 0.6 is 15.9 Å². The Balaban J connectivity index is 3.65. The molecule has 0 unspecified atom stereocenters. The molecule has 0 aromatic carbocycles. The highest BCUT2D eigenvalue weighted by Gasteiger charge is 1.94. The highest BCUT2D eigenvalue weighted by molar-refractivity contribution is 9.09. The molecule has 0 aliphatic heterocycles. The van der Waals surface area contributed by atoms with Crippen molar-refractivity contribution in [3.05, 3.63) is 12.2 Å². The maximum atomic E-state index is 10.4. The molecule has 0 fully saturated rings. The minimum atomic E-state index is -2.80. The second kappa shape index (κ2) is 4.06. The molecular formula is C5H9BrO2S. The van der Waals surface area contributed by atoms with Crippen molar-refractivity contribution in [3.63, 3.8) is 0 Å². The van der Waals surface area contributed by atoms with Crippen LogP contribution in [0.15, 0.2) is 12.2 Å². The quantitative estimate of drug-likeness (QED) is 0.517. The summed E-state index contributed by atoms with van der Waals surface area (Å²) in [4.78, 5) is 0. The maximum absolute atomic E-state index is 10.4. The Hall–Kier alpha value is 0.170. The molecule has 0 heterocycles. The van der Waals surface area contributed by atoms with Crippen LogP contribution in [0.25, 0.3) is 0 Å². The van der Waals surface area contributed by atoms with Crippen LogP contribution in [0.2, 0.25) is 0 Å². The average molecular weight is 213 g/mol. The Morgan fingerprint density at radius 3 is 2.33 bits per heavy atom. The van der Waals surface area contributed by atoms with Crippen molar-refractivity contribution >= 4 is 25.8 Å². The van der Waals surface area contributed by atoms with Crippen LogP contribution in [-0.2, 0) is 9.84 Å². The van der Waals surface area contributed by atoms with Crippen molar-refractivity contribution in [3.8, 4) is 0 Å². The molecule has 0 radical (unpaired) electrons. The summed E-state index contributed by atoms with van der Waals surface area (Å²) in [5, 5.41) is 0.711. The van der Waals surface area contributed by atoms with E-state index in [-0.39, 0.29) is 5.75 Å². The largest absolute Gasteiger partial charge is 0.229 e. The molecule has 0 amide bonds. The zero-order chi connectivity index (χ0) is 7.33. The van der Waals surface area contributed by atoms with Crippen LogP contribution in [0.3, 0.4) is 0 Å². The number of hydrogen-bond donors (Lipinski definition) is 0. The number of rotatable bonds is 3. The van der Waals surface area contributed by atoms with Gasteiger partial charge < -0.3 is 0 Å². The number of allylic oxidation sites excluding steroid dienone is 1. The Morgan fingerprint density at radius 1 is 1.44 bits per heavy atom. The molecule has 0 saturated heterocycles. The van der Waals surface area contributed by atoms with Crippen molar-refractivity contribution in [2.75, 3.05) is 17.3 Å². The van der Waals surface area contributed by atoms with Gasteiger partial charge in [-0.2, -0.15) is 0 Å². The van der Waals surface area contributed by atoms with E-state index in [2.05, 4.69) is 15.9 Å². The molecule has 54 valence electrons. The van der Waals surface area contributed by atoms with Gasteiger partial charge in [-0.25, -0.2) is 8.42 Å². The minimum Gasteiger partial charge on any atom is -0.229 e. The molecule has 0 aromatic rings. The summed E-state index contributed by atoms with van der Waals surface area (Å²) in [6, 6.07) is 0. The van der Waals surface area contributed by atoms with Crippen LogP contribution in [-0.4, -0.2) is 25.8 Å². The molecule has 0 N–H and O–H groups in total. The van der Waals surface area contributed by atoms with Gasteiger partial charge in [0.25, 0.3) is 0 Å². The van der Waals surface area contributed by atoms with Gasteiger partial charge in [0.2, 0.25) is 0 Å². The topological polar surface area (TPSA) is 34.1 Å². The number of alkyl halides is 1. The fourth-order valence-corrected chi connectivity index (χ4v) is 1.06. The van der Waals surface area contributed by atoms with Crippen molar-refractivity contribution in [2.24, 2.45) is 0 Å². The normalized spacial score (nSPS) is 12.7. The van der Waals surface area contributed by atoms with E-state index in [4.69, 9.17) is 0 Å². The van der Waals surface area contributed by atoms with Crippen molar-refractivity contribution in [1.82, 2.24) is 0 Å². The van der Waals surface area contributed by atoms with Crippen molar-refractivity contribution in [2.45, 2.75) is 0 Å². The number of hydrogen-bond acceptors (Lipinski definition) is 2. The van der Waals surface area contributed by atoms with Crippen LogP contribution in [0, 0.1) is 0 Å². The van der Waals surface area contributed by atoms with Gasteiger partial charge in [-0.05, 0) is 0 Å². The minimum absolute atomic E-state index is 0.137. The number of sulfone groups is 1. The van der Waals surface area contributed by atoms with Crippen molar-refractivity contribution < 1.29 is 8.42 Å². The second-order valence-corrected chi connectivity index (χ2v) is 4.55. The first kappa shape index (κ1) is 9.17. The van der Waals surface area contributed by atoms with Gasteiger partial charge in [0.1, 0.15) is 0 Å². The molecule has 0 rings (SSSR count). The molecular weight excluding hydrogens is 204 g/mol. The lowest BCUT2D eigenvalue weighted by atomic mass is 10.6. The Labute approximate surface area is 64.0 Å². The third-order valence-electron chi connectivity index (χ3n) is 0.655. The summed E-state index contributed by atoms with van der Waals surface area (Å²) < 4.78 is 20.9. The second-order valence-electron chi connectivity index (χ2n) is 1.72. The van der Waals surface area contributed by atoms with E-state index in [1.807, 2.05) is 0 Å². The van der Waals surface area contributed by atoms with E-state index < -0.39 is 9.84 Å². The predicted octanol–water partition coefficient (Wildman–Crippen LogP) is 0.982. The predicted molar refractivity (Wildman–Crippen MR) is 42.6 cm³/mol. The molecule has 0 aliphatic carbocycles. The van der Waals surface area contributed by atoms with Gasteiger partial charge in [0.15, 0.2) is 9.84 Å². The molecule has 0 atom stereocenters. The Kier molecular flexibility index (Phi) is 4.14. The lowest BCUT2D eigenvalue weighted by Gasteiger charge is -1.86. The average Bonchev–Trinajstić information content (AvgIpc) is 1.63. The van der Waals surface area contributed by atoms with Gasteiger partial charge in [0.05, 0.1) is 5.75 Å². The molecule has 9 heavy (non-hydrogen) atoms. The van der Waals surface area contributed by atoms with E-state index in [9.17, 15) is 8.42 Å². The highest BCUT2D eigenvalue weighted by atomic mass is 79.9. The first-order valence-corrected chi connectivity index (χ1v) is 5.63. The summed E-state index contributed by atoms with van der Waals surface area (Å²) >= 11 is 3.14. The first-order chi connectivity index (χ1) is 4.06. The fraction of sp³-hybridized carbons (Fsp3) is 0.600. The lowest BCUT2D eigenvalue weighted by molar-refractivity contribution is 0.604. The van der Waals surface area contributed by atoms with Gasteiger partial charge in [-0.1, -0.05) is 28.1 Å². The maximum Gasteiger partial charge on any atom is 0.150 e. The zero-order valence-corrected chi connectivity index (χ0v) is 7.57. The zero-order valence-electron chi connectivity index (χ0n) is 5.17. The van der Waals surface area contributed by atoms with E-state index in [1.165, 1.54) is 6.26 Å². The molecule has 0 spiro atoms. The third-order valence-corrected chi connectivity index (χ3v) is 1.83. The Bertz CT molecular complexity index is 181. The third kappa shape index (κ3) is 8.17. The molecule has 0 bridgehead atoms. The van der Waals surface area contributed by atoms with E-state index in [0.29, 0.717) is 5.33 Å². The van der Waals surface area contributed by atoms with Gasteiger partial charge >= 0.3 is 0 Å². The molecule has 2 nitrogen and oxygen atoms in total. The lowest BCUT2D eigenvalue weighted by Crippen LogP contribution is -1.98. The fourth-order valence-electron chi connectivity index (χ4n) is 0.306. The summed E-state index contributed by atoms with van der Waals surface area (Å²) in [5.41, 5.74) is 0. The van der Waals surface area contributed by atoms with Gasteiger partial charge in [-0.3, -0.25) is 0 Å². The van der Waals surface area contributed by atoms with Crippen LogP contribution in [0.1, 0.15) is 0 Å². The molecule has 0 aliphatic rings. The first-order valence-electron chi connectivity index (χ1n) is 2.45. The van der Waals surface area contributed by atoms with E-state index in [0.717, 1.165) is 0 Å². The molecule has 0 aromatic heterocycles. The van der Waals surface area contributed by atoms with Crippen molar-refractivity contribution in [1.29, 1.82) is 0 Å². The van der Waals surface area contributed by atoms with E-state index in [1.54, 1.807) is 12.2 Å². The van der Waals surface area contributed by atoms with Gasteiger partial charge in [-0.15, -0.1) is 0 Å². The summed E-state index contributed by atoms with van der Waals surface area (Å²) in [6.45, 7) is 0. The monoisotopic (exact) mass is 212 g/mol. The molecule has 4 heteroatoms. The smallest absolute Gasteiger partial charge is 0.150 e. The summed E-state index contributed by atoms with van der Waals surface area (Å²) in [5.74, 6) is 0.137. The summed E-state index contributed by atoms with van der Waals surface area (Å²) in [6.07, 6.45) is 4.61. The molecule has 0 saturated carbocycles.